The Hall–Kier alpha value is -0.380. The van der Waals surface area contributed by atoms with Crippen LogP contribution in [-0.2, 0) is 0 Å². The van der Waals surface area contributed by atoms with Gasteiger partial charge in [-0.1, -0.05) is 41.9 Å². The molecule has 0 fully saturated rings. The van der Waals surface area contributed by atoms with E-state index in [4.69, 9.17) is 5.73 Å². The van der Waals surface area contributed by atoms with Gasteiger partial charge in [0.15, 0.2) is 0 Å². The molecule has 3 N–H and O–H groups in total. The third-order valence-corrected chi connectivity index (χ3v) is 3.47. The minimum atomic E-state index is -0.418. The van der Waals surface area contributed by atoms with Gasteiger partial charge in [-0.3, -0.25) is 0 Å². The van der Waals surface area contributed by atoms with Crippen molar-refractivity contribution >= 4 is 15.9 Å². The van der Waals surface area contributed by atoms with Crippen LogP contribution in [0.2, 0.25) is 0 Å². The minimum Gasteiger partial charge on any atom is -0.391 e. The second-order valence-electron chi connectivity index (χ2n) is 4.33. The first kappa shape index (κ1) is 13.7. The number of aliphatic hydroxyl groups is 1. The van der Waals surface area contributed by atoms with E-state index in [0.717, 1.165) is 10.9 Å². The summed E-state index contributed by atoms with van der Waals surface area (Å²) in [6.45, 7) is 4.12. The van der Waals surface area contributed by atoms with Gasteiger partial charge in [0, 0.05) is 10.5 Å². The molecule has 0 amide bonds. The Morgan fingerprint density at radius 1 is 1.44 bits per heavy atom. The lowest BCUT2D eigenvalue weighted by Gasteiger charge is -2.21. The van der Waals surface area contributed by atoms with E-state index in [-0.39, 0.29) is 6.04 Å². The monoisotopic (exact) mass is 285 g/mol. The second kappa shape index (κ2) is 6.38. The van der Waals surface area contributed by atoms with E-state index >= 15 is 0 Å². The third-order valence-electron chi connectivity index (χ3n) is 2.98. The first-order valence-electron chi connectivity index (χ1n) is 5.73. The molecule has 0 saturated heterocycles. The van der Waals surface area contributed by atoms with Crippen LogP contribution in [0, 0.1) is 0 Å². The van der Waals surface area contributed by atoms with Crippen LogP contribution in [0.15, 0.2) is 28.7 Å². The Bertz CT molecular complexity index is 329. The Kier molecular flexibility index (Phi) is 5.46. The summed E-state index contributed by atoms with van der Waals surface area (Å²) in [5.74, 6) is 0.324. The topological polar surface area (TPSA) is 46.2 Å². The molecule has 0 radical (unpaired) electrons. The molecule has 0 aromatic heterocycles. The van der Waals surface area contributed by atoms with Gasteiger partial charge < -0.3 is 10.8 Å². The van der Waals surface area contributed by atoms with Crippen molar-refractivity contribution in [3.63, 3.8) is 0 Å². The molecule has 1 rings (SSSR count). The van der Waals surface area contributed by atoms with Crippen LogP contribution < -0.4 is 5.73 Å². The van der Waals surface area contributed by atoms with Crippen LogP contribution >= 0.6 is 15.9 Å². The first-order chi connectivity index (χ1) is 7.54. The summed E-state index contributed by atoms with van der Waals surface area (Å²) in [4.78, 5) is 0. The molecule has 1 aromatic carbocycles. The van der Waals surface area contributed by atoms with Crippen molar-refractivity contribution in [1.82, 2.24) is 0 Å². The largest absolute Gasteiger partial charge is 0.391 e. The fraction of sp³-hybridized carbons (Fsp3) is 0.538. The highest BCUT2D eigenvalue weighted by Crippen LogP contribution is 2.24. The summed E-state index contributed by atoms with van der Waals surface area (Å²) in [6.07, 6.45) is 1.11. The number of benzene rings is 1. The van der Waals surface area contributed by atoms with Crippen molar-refractivity contribution < 1.29 is 5.11 Å². The standard InChI is InChI=1S/C13H20BrNO/c1-3-12(15)13(16)7-9(2)10-5-4-6-11(14)8-10/h4-6,8-9,12-13,16H,3,7,15H2,1-2H3. The molecule has 3 atom stereocenters. The molecule has 16 heavy (non-hydrogen) atoms. The van der Waals surface area contributed by atoms with Gasteiger partial charge in [-0.2, -0.15) is 0 Å². The third kappa shape index (κ3) is 3.89. The second-order valence-corrected chi connectivity index (χ2v) is 5.25. The van der Waals surface area contributed by atoms with Gasteiger partial charge >= 0.3 is 0 Å². The SMILES string of the molecule is CCC(N)C(O)CC(C)c1cccc(Br)c1. The van der Waals surface area contributed by atoms with Crippen molar-refractivity contribution in [2.45, 2.75) is 44.8 Å². The maximum Gasteiger partial charge on any atom is 0.0696 e. The summed E-state index contributed by atoms with van der Waals surface area (Å²) in [5.41, 5.74) is 7.05. The summed E-state index contributed by atoms with van der Waals surface area (Å²) in [6, 6.07) is 8.08. The Morgan fingerprint density at radius 2 is 2.12 bits per heavy atom. The van der Waals surface area contributed by atoms with Gasteiger partial charge in [0.05, 0.1) is 6.10 Å². The van der Waals surface area contributed by atoms with Crippen LogP contribution in [-0.4, -0.2) is 17.3 Å². The van der Waals surface area contributed by atoms with Crippen molar-refractivity contribution in [1.29, 1.82) is 0 Å². The molecule has 3 heteroatoms. The smallest absolute Gasteiger partial charge is 0.0696 e. The molecule has 0 bridgehead atoms. The summed E-state index contributed by atoms with van der Waals surface area (Å²) in [7, 11) is 0. The number of aliphatic hydroxyl groups excluding tert-OH is 1. The molecule has 0 aliphatic carbocycles. The molecule has 0 aliphatic rings. The van der Waals surface area contributed by atoms with E-state index < -0.39 is 6.10 Å². The average molecular weight is 286 g/mol. The summed E-state index contributed by atoms with van der Waals surface area (Å²) >= 11 is 3.45. The van der Waals surface area contributed by atoms with Gasteiger partial charge in [0.2, 0.25) is 0 Å². The van der Waals surface area contributed by atoms with E-state index in [1.54, 1.807) is 0 Å². The number of hydrogen-bond donors (Lipinski definition) is 2. The molecular formula is C13H20BrNO. The molecule has 0 spiro atoms. The van der Waals surface area contributed by atoms with Gasteiger partial charge in [-0.15, -0.1) is 0 Å². The molecule has 3 unspecified atom stereocenters. The number of halogens is 1. The molecular weight excluding hydrogens is 266 g/mol. The molecule has 90 valence electrons. The summed E-state index contributed by atoms with van der Waals surface area (Å²) in [5, 5.41) is 9.88. The van der Waals surface area contributed by atoms with E-state index in [1.807, 2.05) is 19.1 Å². The lowest BCUT2D eigenvalue weighted by molar-refractivity contribution is 0.126. The Morgan fingerprint density at radius 3 is 2.69 bits per heavy atom. The molecule has 1 aromatic rings. The van der Waals surface area contributed by atoms with Crippen molar-refractivity contribution in [3.8, 4) is 0 Å². The van der Waals surface area contributed by atoms with Crippen LogP contribution in [0.4, 0.5) is 0 Å². The Labute approximate surface area is 106 Å². The van der Waals surface area contributed by atoms with Crippen LogP contribution in [0.5, 0.6) is 0 Å². The average Bonchev–Trinajstić information content (AvgIpc) is 2.27. The lowest BCUT2D eigenvalue weighted by Crippen LogP contribution is -2.34. The predicted molar refractivity (Wildman–Crippen MR) is 71.4 cm³/mol. The van der Waals surface area contributed by atoms with Crippen molar-refractivity contribution in [2.24, 2.45) is 5.73 Å². The van der Waals surface area contributed by atoms with Crippen LogP contribution in [0.3, 0.4) is 0 Å². The fourth-order valence-corrected chi connectivity index (χ4v) is 2.18. The first-order valence-corrected chi connectivity index (χ1v) is 6.53. The number of rotatable bonds is 5. The Balaban J connectivity index is 2.61. The van der Waals surface area contributed by atoms with Gasteiger partial charge in [-0.25, -0.2) is 0 Å². The molecule has 0 heterocycles. The van der Waals surface area contributed by atoms with E-state index in [9.17, 15) is 5.11 Å². The maximum atomic E-state index is 9.88. The lowest BCUT2D eigenvalue weighted by atomic mass is 9.92. The minimum absolute atomic E-state index is 0.116. The van der Waals surface area contributed by atoms with Crippen molar-refractivity contribution in [2.75, 3.05) is 0 Å². The highest BCUT2D eigenvalue weighted by atomic mass is 79.9. The normalized spacial score (nSPS) is 16.8. The van der Waals surface area contributed by atoms with Gasteiger partial charge in [0.25, 0.3) is 0 Å². The quantitative estimate of drug-likeness (QED) is 0.874. The van der Waals surface area contributed by atoms with Gasteiger partial charge in [0.1, 0.15) is 0 Å². The predicted octanol–water partition coefficient (Wildman–Crippen LogP) is 3.04. The van der Waals surface area contributed by atoms with Crippen LogP contribution in [0.25, 0.3) is 0 Å². The zero-order chi connectivity index (χ0) is 12.1. The van der Waals surface area contributed by atoms with E-state index in [2.05, 4.69) is 35.0 Å². The molecule has 0 aliphatic heterocycles. The number of hydrogen-bond acceptors (Lipinski definition) is 2. The van der Waals surface area contributed by atoms with Crippen LogP contribution in [0.1, 0.15) is 38.2 Å². The maximum absolute atomic E-state index is 9.88. The highest BCUT2D eigenvalue weighted by Gasteiger charge is 2.17. The highest BCUT2D eigenvalue weighted by molar-refractivity contribution is 9.10. The number of nitrogens with two attached hydrogens (primary N) is 1. The molecule has 2 nitrogen and oxygen atoms in total. The zero-order valence-electron chi connectivity index (χ0n) is 9.86. The van der Waals surface area contributed by atoms with E-state index in [1.165, 1.54) is 5.56 Å². The molecule has 0 saturated carbocycles. The zero-order valence-corrected chi connectivity index (χ0v) is 11.4. The van der Waals surface area contributed by atoms with Crippen molar-refractivity contribution in [3.05, 3.63) is 34.3 Å². The summed E-state index contributed by atoms with van der Waals surface area (Å²) < 4.78 is 1.08. The van der Waals surface area contributed by atoms with Gasteiger partial charge in [-0.05, 0) is 36.5 Å². The fourth-order valence-electron chi connectivity index (χ4n) is 1.76. The van der Waals surface area contributed by atoms with E-state index in [0.29, 0.717) is 12.3 Å².